The highest BCUT2D eigenvalue weighted by Gasteiger charge is 2.19. The molecule has 33 heavy (non-hydrogen) atoms. The second kappa shape index (κ2) is 15.0. The summed E-state index contributed by atoms with van der Waals surface area (Å²) in [4.78, 5) is 47.2. The summed E-state index contributed by atoms with van der Waals surface area (Å²) in [5, 5.41) is 16.9. The number of hydrogen-bond donors (Lipinski definition) is 5. The van der Waals surface area contributed by atoms with Crippen molar-refractivity contribution in [3.63, 3.8) is 0 Å². The molecule has 11 heteroatoms. The Morgan fingerprint density at radius 1 is 1.18 bits per heavy atom. The molecule has 3 amide bonds. The fraction of sp³-hybridized carbons (Fsp3) is 0.455. The molecule has 1 rings (SSSR count). The van der Waals surface area contributed by atoms with Crippen LogP contribution in [0.15, 0.2) is 24.3 Å². The lowest BCUT2D eigenvalue weighted by Gasteiger charge is -2.15. The molecule has 0 bridgehead atoms. The van der Waals surface area contributed by atoms with Crippen molar-refractivity contribution in [3.05, 3.63) is 40.7 Å². The number of halogens is 2. The Bertz CT molecular complexity index is 865. The van der Waals surface area contributed by atoms with Crippen LogP contribution in [-0.4, -0.2) is 54.0 Å². The summed E-state index contributed by atoms with van der Waals surface area (Å²) in [6, 6.07) is 2.21. The number of rotatable bonds is 14. The van der Waals surface area contributed by atoms with Gasteiger partial charge in [0.25, 0.3) is 0 Å². The van der Waals surface area contributed by atoms with Gasteiger partial charge in [-0.25, -0.2) is 9.18 Å². The summed E-state index contributed by atoms with van der Waals surface area (Å²) in [5.41, 5.74) is 5.56. The average Bonchev–Trinajstić information content (AvgIpc) is 2.75. The molecule has 0 aromatic heterocycles. The molecule has 0 heterocycles. The van der Waals surface area contributed by atoms with Crippen LogP contribution in [0.5, 0.6) is 0 Å². The number of carbonyl (C=O) groups is 4. The molecular formula is C22H30ClFN4O5. The van der Waals surface area contributed by atoms with Crippen molar-refractivity contribution in [2.45, 2.75) is 51.1 Å². The second-order valence-corrected chi connectivity index (χ2v) is 7.80. The van der Waals surface area contributed by atoms with Gasteiger partial charge in [0.2, 0.25) is 17.7 Å². The summed E-state index contributed by atoms with van der Waals surface area (Å²) in [5.74, 6) is -3.15. The van der Waals surface area contributed by atoms with Gasteiger partial charge < -0.3 is 26.8 Å². The predicted molar refractivity (Wildman–Crippen MR) is 123 cm³/mol. The van der Waals surface area contributed by atoms with Crippen LogP contribution in [0, 0.1) is 5.82 Å². The van der Waals surface area contributed by atoms with Crippen LogP contribution < -0.4 is 21.7 Å². The largest absolute Gasteiger partial charge is 0.480 e. The summed E-state index contributed by atoms with van der Waals surface area (Å²) in [6.07, 6.45) is 4.27. The number of carbonyl (C=O) groups excluding carboxylic acids is 3. The second-order valence-electron chi connectivity index (χ2n) is 7.37. The van der Waals surface area contributed by atoms with Crippen LogP contribution in [0.2, 0.25) is 5.02 Å². The zero-order valence-corrected chi connectivity index (χ0v) is 19.2. The highest BCUT2D eigenvalue weighted by molar-refractivity contribution is 6.30. The van der Waals surface area contributed by atoms with Crippen molar-refractivity contribution in [1.29, 1.82) is 0 Å². The zero-order chi connectivity index (χ0) is 24.8. The van der Waals surface area contributed by atoms with Crippen LogP contribution in [-0.2, 0) is 19.2 Å². The highest BCUT2D eigenvalue weighted by Crippen LogP contribution is 2.15. The summed E-state index contributed by atoms with van der Waals surface area (Å²) >= 11 is 5.67. The van der Waals surface area contributed by atoms with Gasteiger partial charge in [-0.3, -0.25) is 14.4 Å². The van der Waals surface area contributed by atoms with Crippen LogP contribution in [0.4, 0.5) is 4.39 Å². The number of unbranched alkanes of at least 4 members (excludes halogenated alkanes) is 1. The minimum Gasteiger partial charge on any atom is -0.480 e. The summed E-state index contributed by atoms with van der Waals surface area (Å²) in [6.45, 7) is 2.11. The third-order valence-corrected chi connectivity index (χ3v) is 4.82. The third kappa shape index (κ3) is 11.4. The topological polar surface area (TPSA) is 151 Å². The van der Waals surface area contributed by atoms with Gasteiger partial charge in [0.05, 0.1) is 0 Å². The van der Waals surface area contributed by atoms with Crippen molar-refractivity contribution in [2.75, 3.05) is 13.1 Å². The number of nitrogens with one attached hydrogen (secondary N) is 3. The Labute approximate surface area is 196 Å². The van der Waals surface area contributed by atoms with Gasteiger partial charge in [-0.05, 0) is 57.4 Å². The molecule has 2 unspecified atom stereocenters. The first kappa shape index (κ1) is 28.1. The Morgan fingerprint density at radius 2 is 1.91 bits per heavy atom. The molecule has 0 saturated carbocycles. The monoisotopic (exact) mass is 484 g/mol. The number of carboxylic acids is 1. The van der Waals surface area contributed by atoms with Crippen molar-refractivity contribution >= 4 is 41.4 Å². The van der Waals surface area contributed by atoms with E-state index in [1.807, 2.05) is 0 Å². The molecule has 0 aliphatic heterocycles. The first-order chi connectivity index (χ1) is 15.6. The molecule has 6 N–H and O–H groups in total. The van der Waals surface area contributed by atoms with Gasteiger partial charge in [-0.1, -0.05) is 17.7 Å². The van der Waals surface area contributed by atoms with Crippen LogP contribution in [0.1, 0.15) is 44.6 Å². The zero-order valence-electron chi connectivity index (χ0n) is 18.4. The fourth-order valence-electron chi connectivity index (χ4n) is 2.76. The normalized spacial score (nSPS) is 12.7. The van der Waals surface area contributed by atoms with Crippen LogP contribution in [0.25, 0.3) is 6.08 Å². The molecule has 9 nitrogen and oxygen atoms in total. The molecule has 1 aromatic rings. The minimum atomic E-state index is -1.11. The van der Waals surface area contributed by atoms with Crippen LogP contribution in [0.3, 0.4) is 0 Å². The number of benzene rings is 1. The maximum Gasteiger partial charge on any atom is 0.326 e. The van der Waals surface area contributed by atoms with Crippen molar-refractivity contribution in [3.8, 4) is 0 Å². The van der Waals surface area contributed by atoms with E-state index in [1.54, 1.807) is 0 Å². The first-order valence-corrected chi connectivity index (χ1v) is 11.0. The summed E-state index contributed by atoms with van der Waals surface area (Å²) in [7, 11) is 0. The quantitative estimate of drug-likeness (QED) is 0.200. The van der Waals surface area contributed by atoms with Crippen LogP contribution >= 0.6 is 11.6 Å². The molecule has 0 spiro atoms. The molecule has 0 radical (unpaired) electrons. The average molecular weight is 485 g/mol. The maximum atomic E-state index is 13.7. The number of carboxylic acid groups (broad SMARTS) is 1. The van der Waals surface area contributed by atoms with Crippen molar-refractivity contribution in [1.82, 2.24) is 16.0 Å². The Hall–Kier alpha value is -2.98. The van der Waals surface area contributed by atoms with E-state index in [-0.39, 0.29) is 23.6 Å². The molecule has 2 atom stereocenters. The number of hydrogen-bond acceptors (Lipinski definition) is 5. The first-order valence-electron chi connectivity index (χ1n) is 10.6. The van der Waals surface area contributed by atoms with Gasteiger partial charge in [0.15, 0.2) is 0 Å². The standard InChI is InChI=1S/C22H30ClFN4O5/c1-14(27-20(30)10-8-15-7-9-16(23)13-17(15)24)21(31)26-12-4-6-19(29)28-18(22(32)33)5-2-3-11-25/h7-10,13-14,18H,2-6,11-12,25H2,1H3,(H,26,31)(H,27,30)(H,28,29)(H,32,33)/b10-8+. The van der Waals surface area contributed by atoms with E-state index in [4.69, 9.17) is 22.4 Å². The smallest absolute Gasteiger partial charge is 0.326 e. The van der Waals surface area contributed by atoms with Gasteiger partial charge in [-0.15, -0.1) is 0 Å². The number of aliphatic carboxylic acids is 1. The van der Waals surface area contributed by atoms with Crippen molar-refractivity contribution < 1.29 is 28.7 Å². The fourth-order valence-corrected chi connectivity index (χ4v) is 2.92. The highest BCUT2D eigenvalue weighted by atomic mass is 35.5. The summed E-state index contributed by atoms with van der Waals surface area (Å²) < 4.78 is 13.7. The molecule has 0 aliphatic carbocycles. The van der Waals surface area contributed by atoms with Gasteiger partial charge in [0, 0.05) is 29.6 Å². The number of amides is 3. The lowest BCUT2D eigenvalue weighted by molar-refractivity contribution is -0.142. The molecule has 0 fully saturated rings. The lowest BCUT2D eigenvalue weighted by atomic mass is 10.1. The van der Waals surface area contributed by atoms with E-state index in [1.165, 1.54) is 25.1 Å². The minimum absolute atomic E-state index is 0.0388. The van der Waals surface area contributed by atoms with Gasteiger partial charge in [0.1, 0.15) is 17.9 Å². The van der Waals surface area contributed by atoms with E-state index in [2.05, 4.69) is 16.0 Å². The number of nitrogens with two attached hydrogens (primary N) is 1. The Kier molecular flexibility index (Phi) is 12.7. The van der Waals surface area contributed by atoms with Gasteiger partial charge >= 0.3 is 5.97 Å². The van der Waals surface area contributed by atoms with E-state index < -0.39 is 41.6 Å². The van der Waals surface area contributed by atoms with E-state index in [9.17, 15) is 23.6 Å². The molecule has 182 valence electrons. The Balaban J connectivity index is 2.34. The Morgan fingerprint density at radius 3 is 2.55 bits per heavy atom. The van der Waals surface area contributed by atoms with E-state index in [0.717, 1.165) is 12.1 Å². The van der Waals surface area contributed by atoms with Crippen molar-refractivity contribution in [2.24, 2.45) is 5.73 Å². The molecular weight excluding hydrogens is 455 g/mol. The lowest BCUT2D eigenvalue weighted by Crippen LogP contribution is -2.45. The third-order valence-electron chi connectivity index (χ3n) is 4.59. The SMILES string of the molecule is CC(NC(=O)/C=C/c1ccc(Cl)cc1F)C(=O)NCCCC(=O)NC(CCCCN)C(=O)O. The molecule has 1 aromatic carbocycles. The molecule has 0 aliphatic rings. The van der Waals surface area contributed by atoms with Gasteiger partial charge in [-0.2, -0.15) is 0 Å². The maximum absolute atomic E-state index is 13.7. The predicted octanol–water partition coefficient (Wildman–Crippen LogP) is 1.59. The van der Waals surface area contributed by atoms with E-state index in [0.29, 0.717) is 32.2 Å². The molecule has 0 saturated heterocycles. The van der Waals surface area contributed by atoms with E-state index >= 15 is 0 Å².